The Morgan fingerprint density at radius 3 is 2.56 bits per heavy atom. The SMILES string of the molecule is Cl.NOC1COCCO1. The summed E-state index contributed by atoms with van der Waals surface area (Å²) in [6.07, 6.45) is -0.358. The fraction of sp³-hybridized carbons (Fsp3) is 1.00. The molecule has 1 aliphatic rings. The van der Waals surface area contributed by atoms with Crippen LogP contribution in [0.1, 0.15) is 0 Å². The van der Waals surface area contributed by atoms with Gasteiger partial charge in [-0.3, -0.25) is 4.84 Å². The second-order valence-electron chi connectivity index (χ2n) is 1.51. The molecular weight excluding hydrogens is 146 g/mol. The molecule has 1 atom stereocenters. The van der Waals surface area contributed by atoms with Crippen molar-refractivity contribution in [1.82, 2.24) is 0 Å². The lowest BCUT2D eigenvalue weighted by atomic mass is 10.6. The average molecular weight is 156 g/mol. The van der Waals surface area contributed by atoms with Gasteiger partial charge in [-0.2, -0.15) is 0 Å². The topological polar surface area (TPSA) is 53.7 Å². The summed E-state index contributed by atoms with van der Waals surface area (Å²) in [6.45, 7) is 1.65. The third kappa shape index (κ3) is 2.98. The van der Waals surface area contributed by atoms with Crippen LogP contribution in [-0.2, 0) is 14.3 Å². The van der Waals surface area contributed by atoms with Gasteiger partial charge in [0.25, 0.3) is 0 Å². The molecule has 0 bridgehead atoms. The Balaban J connectivity index is 0.000000640. The van der Waals surface area contributed by atoms with Gasteiger partial charge in [-0.15, -0.1) is 12.4 Å². The van der Waals surface area contributed by atoms with Crippen LogP contribution in [0, 0.1) is 0 Å². The molecule has 0 aromatic rings. The van der Waals surface area contributed by atoms with Crippen LogP contribution in [0.4, 0.5) is 0 Å². The van der Waals surface area contributed by atoms with Crippen molar-refractivity contribution in [3.63, 3.8) is 0 Å². The van der Waals surface area contributed by atoms with Gasteiger partial charge in [0.2, 0.25) is 0 Å². The van der Waals surface area contributed by atoms with Gasteiger partial charge in [0.1, 0.15) is 0 Å². The fourth-order valence-electron chi connectivity index (χ4n) is 0.545. The maximum Gasteiger partial charge on any atom is 0.200 e. The highest BCUT2D eigenvalue weighted by atomic mass is 35.5. The summed E-state index contributed by atoms with van der Waals surface area (Å²) < 4.78 is 9.90. The van der Waals surface area contributed by atoms with E-state index in [1.807, 2.05) is 0 Å². The van der Waals surface area contributed by atoms with Gasteiger partial charge in [-0.05, 0) is 0 Å². The fourth-order valence-corrected chi connectivity index (χ4v) is 0.545. The molecule has 0 amide bonds. The summed E-state index contributed by atoms with van der Waals surface area (Å²) in [5, 5.41) is 0. The Labute approximate surface area is 59.6 Å². The maximum atomic E-state index is 4.95. The van der Waals surface area contributed by atoms with Gasteiger partial charge in [0.05, 0.1) is 19.8 Å². The highest BCUT2D eigenvalue weighted by molar-refractivity contribution is 5.85. The summed E-state index contributed by atoms with van der Waals surface area (Å²) >= 11 is 0. The molecule has 2 N–H and O–H groups in total. The van der Waals surface area contributed by atoms with Crippen LogP contribution in [-0.4, -0.2) is 26.1 Å². The minimum absolute atomic E-state index is 0. The summed E-state index contributed by atoms with van der Waals surface area (Å²) in [6, 6.07) is 0. The molecule has 9 heavy (non-hydrogen) atoms. The van der Waals surface area contributed by atoms with E-state index in [2.05, 4.69) is 4.84 Å². The average Bonchev–Trinajstić information content (AvgIpc) is 1.90. The standard InChI is InChI=1S/C4H9NO3.ClH/c5-8-4-3-6-1-2-7-4;/h4H,1-3,5H2;1H. The zero-order chi connectivity index (χ0) is 5.82. The van der Waals surface area contributed by atoms with Crippen LogP contribution in [0.3, 0.4) is 0 Å². The van der Waals surface area contributed by atoms with Crippen molar-refractivity contribution in [2.24, 2.45) is 5.90 Å². The third-order valence-corrected chi connectivity index (χ3v) is 0.937. The molecule has 0 aromatic carbocycles. The predicted octanol–water partition coefficient (Wildman–Crippen LogP) is -0.329. The lowest BCUT2D eigenvalue weighted by Crippen LogP contribution is -2.32. The maximum absolute atomic E-state index is 4.95. The Morgan fingerprint density at radius 1 is 1.44 bits per heavy atom. The van der Waals surface area contributed by atoms with Gasteiger partial charge in [0, 0.05) is 0 Å². The number of hydrogen-bond donors (Lipinski definition) is 1. The van der Waals surface area contributed by atoms with E-state index in [0.717, 1.165) is 0 Å². The lowest BCUT2D eigenvalue weighted by Gasteiger charge is -2.19. The third-order valence-electron chi connectivity index (χ3n) is 0.937. The molecular formula is C4H10ClNO3. The van der Waals surface area contributed by atoms with E-state index in [1.54, 1.807) is 0 Å². The number of halogens is 1. The highest BCUT2D eigenvalue weighted by Gasteiger charge is 2.12. The first kappa shape index (κ1) is 9.13. The minimum atomic E-state index is -0.358. The van der Waals surface area contributed by atoms with Crippen molar-refractivity contribution in [3.05, 3.63) is 0 Å². The largest absolute Gasteiger partial charge is 0.374 e. The quantitative estimate of drug-likeness (QED) is 0.527. The number of rotatable bonds is 1. The number of ether oxygens (including phenoxy) is 2. The van der Waals surface area contributed by atoms with Gasteiger partial charge in [-0.25, -0.2) is 5.90 Å². The van der Waals surface area contributed by atoms with Gasteiger partial charge in [-0.1, -0.05) is 0 Å². The molecule has 1 saturated heterocycles. The van der Waals surface area contributed by atoms with E-state index in [4.69, 9.17) is 15.4 Å². The second kappa shape index (κ2) is 4.96. The first-order chi connectivity index (χ1) is 3.93. The Bertz CT molecular complexity index is 66.8. The molecule has 5 heteroatoms. The smallest absolute Gasteiger partial charge is 0.200 e. The van der Waals surface area contributed by atoms with Crippen LogP contribution in [0.15, 0.2) is 0 Å². The second-order valence-corrected chi connectivity index (χ2v) is 1.51. The summed E-state index contributed by atoms with van der Waals surface area (Å²) in [5.74, 6) is 4.80. The normalized spacial score (nSPS) is 27.0. The first-order valence-corrected chi connectivity index (χ1v) is 2.48. The van der Waals surface area contributed by atoms with E-state index >= 15 is 0 Å². The van der Waals surface area contributed by atoms with Crippen molar-refractivity contribution in [2.75, 3.05) is 19.8 Å². The van der Waals surface area contributed by atoms with Gasteiger partial charge in [0.15, 0.2) is 6.29 Å². The zero-order valence-corrected chi connectivity index (χ0v) is 5.73. The van der Waals surface area contributed by atoms with Crippen molar-refractivity contribution in [1.29, 1.82) is 0 Å². The molecule has 1 unspecified atom stereocenters. The summed E-state index contributed by atoms with van der Waals surface area (Å²) in [4.78, 5) is 4.34. The Kier molecular flexibility index (Phi) is 5.03. The molecule has 4 nitrogen and oxygen atoms in total. The molecule has 1 fully saturated rings. The first-order valence-electron chi connectivity index (χ1n) is 2.48. The molecule has 0 radical (unpaired) electrons. The molecule has 0 spiro atoms. The van der Waals surface area contributed by atoms with E-state index in [1.165, 1.54) is 0 Å². The van der Waals surface area contributed by atoms with Crippen molar-refractivity contribution >= 4 is 12.4 Å². The highest BCUT2D eigenvalue weighted by Crippen LogP contribution is 1.97. The molecule has 1 aliphatic heterocycles. The van der Waals surface area contributed by atoms with Crippen molar-refractivity contribution < 1.29 is 14.3 Å². The summed E-state index contributed by atoms with van der Waals surface area (Å²) in [7, 11) is 0. The number of nitrogens with two attached hydrogens (primary N) is 1. The van der Waals surface area contributed by atoms with Gasteiger partial charge < -0.3 is 9.47 Å². The monoisotopic (exact) mass is 155 g/mol. The molecule has 1 heterocycles. The van der Waals surface area contributed by atoms with Crippen LogP contribution < -0.4 is 5.90 Å². The van der Waals surface area contributed by atoms with E-state index in [-0.39, 0.29) is 18.7 Å². The van der Waals surface area contributed by atoms with Crippen LogP contribution >= 0.6 is 12.4 Å². The zero-order valence-electron chi connectivity index (χ0n) is 4.91. The van der Waals surface area contributed by atoms with Crippen molar-refractivity contribution in [2.45, 2.75) is 6.29 Å². The van der Waals surface area contributed by atoms with E-state index in [0.29, 0.717) is 19.8 Å². The molecule has 1 rings (SSSR count). The molecule has 0 aliphatic carbocycles. The van der Waals surface area contributed by atoms with Gasteiger partial charge >= 0.3 is 0 Å². The molecule has 0 saturated carbocycles. The molecule has 0 aromatic heterocycles. The summed E-state index contributed by atoms with van der Waals surface area (Å²) in [5.41, 5.74) is 0. The van der Waals surface area contributed by atoms with Crippen molar-refractivity contribution in [3.8, 4) is 0 Å². The Hall–Kier alpha value is 0.130. The van der Waals surface area contributed by atoms with Crippen LogP contribution in [0.2, 0.25) is 0 Å². The van der Waals surface area contributed by atoms with E-state index in [9.17, 15) is 0 Å². The lowest BCUT2D eigenvalue weighted by molar-refractivity contribution is -0.213. The number of hydrogen-bond acceptors (Lipinski definition) is 4. The van der Waals surface area contributed by atoms with E-state index < -0.39 is 0 Å². The van der Waals surface area contributed by atoms with Crippen LogP contribution in [0.25, 0.3) is 0 Å². The molecule has 56 valence electrons. The van der Waals surface area contributed by atoms with Crippen LogP contribution in [0.5, 0.6) is 0 Å². The predicted molar refractivity (Wildman–Crippen MR) is 33.1 cm³/mol. The minimum Gasteiger partial charge on any atom is -0.374 e. The Morgan fingerprint density at radius 2 is 2.22 bits per heavy atom.